The molecule has 1 aromatic heterocycles. The monoisotopic (exact) mass is 300 g/mol. The van der Waals surface area contributed by atoms with Crippen molar-refractivity contribution in [1.82, 2.24) is 15.6 Å². The van der Waals surface area contributed by atoms with Crippen LogP contribution in [0.4, 0.5) is 5.82 Å². The number of H-pyrrole nitrogens is 1. The number of aromatic nitrogens is 1. The number of carbonyl (C=O) groups excluding carboxylic acids is 1. The van der Waals surface area contributed by atoms with E-state index in [-0.39, 0.29) is 28.5 Å². The Hall–Kier alpha value is -1.57. The second-order valence-electron chi connectivity index (χ2n) is 4.62. The highest BCUT2D eigenvalue weighted by Crippen LogP contribution is 2.15. The first-order valence-electron chi connectivity index (χ1n) is 6.25. The van der Waals surface area contributed by atoms with Crippen LogP contribution in [0.3, 0.4) is 0 Å². The first kappa shape index (κ1) is 14.8. The van der Waals surface area contributed by atoms with Gasteiger partial charge in [-0.2, -0.15) is 0 Å². The molecule has 1 aromatic rings. The number of carbonyl (C=O) groups is 1. The molecule has 1 aliphatic heterocycles. The van der Waals surface area contributed by atoms with Crippen molar-refractivity contribution in [2.45, 2.75) is 18.6 Å². The largest absolute Gasteiger partial charge is 0.384 e. The summed E-state index contributed by atoms with van der Waals surface area (Å²) in [6.07, 6.45) is 0.598. The number of hydrogen-bond acceptors (Lipinski definition) is 5. The Labute approximate surface area is 120 Å². The van der Waals surface area contributed by atoms with Gasteiger partial charge >= 0.3 is 0 Å². The van der Waals surface area contributed by atoms with Crippen molar-refractivity contribution in [3.63, 3.8) is 0 Å². The van der Waals surface area contributed by atoms with Gasteiger partial charge in [-0.15, -0.1) is 0 Å². The number of ether oxygens (including phenoxy) is 1. The average molecular weight is 301 g/mol. The maximum Gasteiger partial charge on any atom is 0.262 e. The Morgan fingerprint density at radius 3 is 3.05 bits per heavy atom. The third-order valence-electron chi connectivity index (χ3n) is 3.31. The lowest BCUT2D eigenvalue weighted by molar-refractivity contribution is 0.0476. The predicted octanol–water partition coefficient (Wildman–Crippen LogP) is -0.283. The zero-order valence-electron chi connectivity index (χ0n) is 11.0. The van der Waals surface area contributed by atoms with E-state index in [1.807, 2.05) is 0 Å². The van der Waals surface area contributed by atoms with Crippen LogP contribution in [-0.2, 0) is 4.74 Å². The van der Waals surface area contributed by atoms with Crippen LogP contribution in [0.1, 0.15) is 16.8 Å². The minimum atomic E-state index is -0.563. The molecule has 2 atom stereocenters. The van der Waals surface area contributed by atoms with E-state index in [0.717, 1.165) is 13.0 Å². The summed E-state index contributed by atoms with van der Waals surface area (Å²) >= 11 is 5.82. The average Bonchev–Trinajstić information content (AvgIpc) is 2.43. The van der Waals surface area contributed by atoms with Crippen LogP contribution >= 0.6 is 11.6 Å². The zero-order valence-corrected chi connectivity index (χ0v) is 11.8. The molecule has 2 rings (SSSR count). The van der Waals surface area contributed by atoms with Gasteiger partial charge in [0.05, 0.1) is 17.2 Å². The van der Waals surface area contributed by atoms with Crippen molar-refractivity contribution in [2.75, 3.05) is 25.9 Å². The fraction of sp³-hybridized carbons (Fsp3) is 0.500. The predicted molar refractivity (Wildman–Crippen MR) is 76.0 cm³/mol. The molecule has 0 saturated carbocycles. The Morgan fingerprint density at radius 1 is 1.60 bits per heavy atom. The molecule has 0 bridgehead atoms. The molecule has 1 saturated heterocycles. The Kier molecular flexibility index (Phi) is 4.64. The van der Waals surface area contributed by atoms with Crippen molar-refractivity contribution in [2.24, 2.45) is 0 Å². The van der Waals surface area contributed by atoms with E-state index in [4.69, 9.17) is 22.1 Å². The maximum atomic E-state index is 12.2. The second kappa shape index (κ2) is 6.25. The van der Waals surface area contributed by atoms with E-state index in [1.54, 1.807) is 7.11 Å². The van der Waals surface area contributed by atoms with Crippen molar-refractivity contribution in [3.05, 3.63) is 27.0 Å². The number of piperidine rings is 1. The van der Waals surface area contributed by atoms with E-state index < -0.39 is 11.5 Å². The molecule has 20 heavy (non-hydrogen) atoms. The highest BCUT2D eigenvalue weighted by atomic mass is 35.5. The number of amides is 1. The van der Waals surface area contributed by atoms with Crippen molar-refractivity contribution in [3.8, 4) is 0 Å². The van der Waals surface area contributed by atoms with E-state index in [1.165, 1.54) is 6.07 Å². The lowest BCUT2D eigenvalue weighted by atomic mass is 10.0. The van der Waals surface area contributed by atoms with Crippen LogP contribution in [-0.4, -0.2) is 43.2 Å². The molecule has 7 nitrogen and oxygen atoms in total. The lowest BCUT2D eigenvalue weighted by Crippen LogP contribution is -2.54. The summed E-state index contributed by atoms with van der Waals surface area (Å²) in [5.74, 6) is -0.438. The van der Waals surface area contributed by atoms with Crippen LogP contribution in [0, 0.1) is 0 Å². The summed E-state index contributed by atoms with van der Waals surface area (Å²) in [6, 6.07) is 1.12. The smallest absolute Gasteiger partial charge is 0.262 e. The summed E-state index contributed by atoms with van der Waals surface area (Å²) < 4.78 is 5.30. The molecule has 0 spiro atoms. The first-order chi connectivity index (χ1) is 9.52. The van der Waals surface area contributed by atoms with Crippen molar-refractivity contribution >= 4 is 23.3 Å². The van der Waals surface area contributed by atoms with Crippen LogP contribution in [0.15, 0.2) is 10.9 Å². The summed E-state index contributed by atoms with van der Waals surface area (Å²) in [7, 11) is 1.59. The normalized spacial score (nSPS) is 22.5. The minimum absolute atomic E-state index is 0.0462. The van der Waals surface area contributed by atoms with Crippen molar-refractivity contribution < 1.29 is 9.53 Å². The number of anilines is 1. The van der Waals surface area contributed by atoms with Gasteiger partial charge in [0.15, 0.2) is 0 Å². The van der Waals surface area contributed by atoms with Crippen molar-refractivity contribution in [1.29, 1.82) is 0 Å². The molecule has 0 aliphatic carbocycles. The van der Waals surface area contributed by atoms with Gasteiger partial charge in [0.2, 0.25) is 0 Å². The molecule has 8 heteroatoms. The van der Waals surface area contributed by atoms with E-state index in [2.05, 4.69) is 15.6 Å². The van der Waals surface area contributed by atoms with Gasteiger partial charge in [0, 0.05) is 13.7 Å². The van der Waals surface area contributed by atoms with Gasteiger partial charge in [0.1, 0.15) is 11.4 Å². The maximum absolute atomic E-state index is 12.2. The van der Waals surface area contributed by atoms with E-state index in [0.29, 0.717) is 6.54 Å². The molecule has 2 heterocycles. The molecule has 0 aromatic carbocycles. The fourth-order valence-electron chi connectivity index (χ4n) is 2.18. The molecule has 110 valence electrons. The number of rotatable bonds is 3. The number of pyridine rings is 1. The molecule has 1 amide bonds. The van der Waals surface area contributed by atoms with Gasteiger partial charge in [0.25, 0.3) is 11.5 Å². The third kappa shape index (κ3) is 3.12. The van der Waals surface area contributed by atoms with Crippen LogP contribution < -0.4 is 21.9 Å². The molecule has 0 radical (unpaired) electrons. The van der Waals surface area contributed by atoms with E-state index in [9.17, 15) is 9.59 Å². The topological polar surface area (TPSA) is 109 Å². The number of hydrogen-bond donors (Lipinski definition) is 4. The first-order valence-corrected chi connectivity index (χ1v) is 6.63. The SMILES string of the molecule is COC1CNCCC1NC(=O)c1cc(Cl)c(N)[nH]c1=O. The van der Waals surface area contributed by atoms with Gasteiger partial charge in [-0.1, -0.05) is 11.6 Å². The summed E-state index contributed by atoms with van der Waals surface area (Å²) in [5.41, 5.74) is 4.85. The lowest BCUT2D eigenvalue weighted by Gasteiger charge is -2.31. The molecular weight excluding hydrogens is 284 g/mol. The van der Waals surface area contributed by atoms with Gasteiger partial charge < -0.3 is 26.1 Å². The molecule has 2 unspecified atom stereocenters. The quantitative estimate of drug-likeness (QED) is 0.614. The number of nitrogen functional groups attached to an aromatic ring is 1. The fourth-order valence-corrected chi connectivity index (χ4v) is 2.33. The van der Waals surface area contributed by atoms with Gasteiger partial charge in [-0.3, -0.25) is 9.59 Å². The Balaban J connectivity index is 2.15. The van der Waals surface area contributed by atoms with Gasteiger partial charge in [-0.05, 0) is 19.0 Å². The summed E-state index contributed by atoms with van der Waals surface area (Å²) in [5, 5.41) is 6.12. The highest BCUT2D eigenvalue weighted by Gasteiger charge is 2.27. The van der Waals surface area contributed by atoms with Crippen LogP contribution in [0.2, 0.25) is 5.02 Å². The number of nitrogens with two attached hydrogens (primary N) is 1. The number of aromatic amines is 1. The zero-order chi connectivity index (χ0) is 14.7. The third-order valence-corrected chi connectivity index (χ3v) is 3.62. The van der Waals surface area contributed by atoms with E-state index >= 15 is 0 Å². The molecule has 5 N–H and O–H groups in total. The minimum Gasteiger partial charge on any atom is -0.384 e. The standard InChI is InChI=1S/C12H17ClN4O3/c1-20-9-5-15-3-2-8(9)16-11(18)6-4-7(13)10(14)17-12(6)19/h4,8-9,15H,2-3,5H2,1H3,(H,16,18)(H3,14,17,19). The van der Waals surface area contributed by atoms with Crippen LogP contribution in [0.5, 0.6) is 0 Å². The Morgan fingerprint density at radius 2 is 2.35 bits per heavy atom. The molecule has 1 aliphatic rings. The highest BCUT2D eigenvalue weighted by molar-refractivity contribution is 6.33. The second-order valence-corrected chi connectivity index (χ2v) is 5.03. The molecule has 1 fully saturated rings. The number of methoxy groups -OCH3 is 1. The summed E-state index contributed by atoms with van der Waals surface area (Å²) in [6.45, 7) is 1.43. The summed E-state index contributed by atoms with van der Waals surface area (Å²) in [4.78, 5) is 26.2. The Bertz CT molecular complexity index is 560. The van der Waals surface area contributed by atoms with Crippen LogP contribution in [0.25, 0.3) is 0 Å². The number of halogens is 1. The molecular formula is C12H17ClN4O3. The number of nitrogens with one attached hydrogen (secondary N) is 3. The van der Waals surface area contributed by atoms with Gasteiger partial charge in [-0.25, -0.2) is 0 Å².